The highest BCUT2D eigenvalue weighted by molar-refractivity contribution is 7.99. The molecule has 3 rings (SSSR count). The summed E-state index contributed by atoms with van der Waals surface area (Å²) >= 11 is 1.68. The van der Waals surface area contributed by atoms with E-state index < -0.39 is 5.60 Å². The van der Waals surface area contributed by atoms with Crippen LogP contribution in [0.1, 0.15) is 20.8 Å². The molecule has 1 heterocycles. The smallest absolute Gasteiger partial charge is 0.419 e. The van der Waals surface area contributed by atoms with Crippen LogP contribution in [0, 0.1) is 0 Å². The predicted molar refractivity (Wildman–Crippen MR) is 114 cm³/mol. The van der Waals surface area contributed by atoms with Crippen LogP contribution >= 0.6 is 11.8 Å². The Balaban J connectivity index is 2.13. The maximum absolute atomic E-state index is 13.1. The second kappa shape index (κ2) is 7.00. The molecular formula is C21H27N3O2S. The van der Waals surface area contributed by atoms with E-state index in [0.717, 1.165) is 32.5 Å². The van der Waals surface area contributed by atoms with E-state index in [2.05, 4.69) is 21.9 Å². The summed E-state index contributed by atoms with van der Waals surface area (Å²) in [5.74, 6) is 0. The molecule has 2 aromatic carbocycles. The fraction of sp³-hybridized carbons (Fsp3) is 0.381. The van der Waals surface area contributed by atoms with Gasteiger partial charge >= 0.3 is 6.09 Å². The Hall–Kier alpha value is -2.34. The number of carbonyl (C=O) groups is 1. The minimum Gasteiger partial charge on any atom is -0.443 e. The Kier molecular flexibility index (Phi) is 5.04. The summed E-state index contributed by atoms with van der Waals surface area (Å²) in [6.45, 7) is 5.65. The zero-order valence-electron chi connectivity index (χ0n) is 17.0. The van der Waals surface area contributed by atoms with Gasteiger partial charge in [-0.2, -0.15) is 0 Å². The van der Waals surface area contributed by atoms with E-state index >= 15 is 0 Å². The summed E-state index contributed by atoms with van der Waals surface area (Å²) in [5.41, 5.74) is 3.33. The van der Waals surface area contributed by atoms with Crippen molar-refractivity contribution >= 4 is 40.6 Å². The van der Waals surface area contributed by atoms with E-state index in [1.807, 2.05) is 73.2 Å². The number of rotatable bonds is 2. The molecule has 1 amide bonds. The molecule has 0 aromatic heterocycles. The summed E-state index contributed by atoms with van der Waals surface area (Å²) in [5, 5.41) is 0. The van der Waals surface area contributed by atoms with E-state index in [-0.39, 0.29) is 6.09 Å². The number of benzene rings is 2. The molecule has 2 aromatic rings. The fourth-order valence-corrected chi connectivity index (χ4v) is 3.97. The lowest BCUT2D eigenvalue weighted by atomic mass is 10.2. The van der Waals surface area contributed by atoms with Crippen molar-refractivity contribution in [2.24, 2.45) is 0 Å². The lowest BCUT2D eigenvalue weighted by molar-refractivity contribution is 0.0597. The first-order chi connectivity index (χ1) is 12.6. The van der Waals surface area contributed by atoms with Gasteiger partial charge in [-0.25, -0.2) is 9.69 Å². The first-order valence-corrected chi connectivity index (χ1v) is 9.72. The highest BCUT2D eigenvalue weighted by atomic mass is 32.2. The molecular weight excluding hydrogens is 358 g/mol. The van der Waals surface area contributed by atoms with Crippen molar-refractivity contribution in [1.29, 1.82) is 0 Å². The van der Waals surface area contributed by atoms with Gasteiger partial charge in [-0.15, -0.1) is 0 Å². The molecule has 1 aliphatic rings. The monoisotopic (exact) mass is 385 g/mol. The van der Waals surface area contributed by atoms with E-state index in [1.165, 1.54) is 0 Å². The maximum atomic E-state index is 13.1. The highest BCUT2D eigenvalue weighted by Gasteiger charge is 2.32. The van der Waals surface area contributed by atoms with Crippen molar-refractivity contribution in [2.45, 2.75) is 36.2 Å². The van der Waals surface area contributed by atoms with Gasteiger partial charge in [0.05, 0.1) is 11.4 Å². The molecule has 0 saturated heterocycles. The van der Waals surface area contributed by atoms with Gasteiger partial charge < -0.3 is 14.5 Å². The van der Waals surface area contributed by atoms with Crippen molar-refractivity contribution < 1.29 is 9.53 Å². The Bertz CT molecular complexity index is 815. The molecule has 0 bridgehead atoms. The number of fused-ring (bicyclic) bond motifs is 2. The van der Waals surface area contributed by atoms with Crippen LogP contribution in [-0.2, 0) is 4.74 Å². The van der Waals surface area contributed by atoms with Crippen LogP contribution in [0.2, 0.25) is 0 Å². The van der Waals surface area contributed by atoms with Gasteiger partial charge in [-0.1, -0.05) is 11.8 Å². The molecule has 27 heavy (non-hydrogen) atoms. The van der Waals surface area contributed by atoms with E-state index in [9.17, 15) is 4.79 Å². The minimum atomic E-state index is -0.560. The summed E-state index contributed by atoms with van der Waals surface area (Å²) in [7, 11) is 8.05. The molecule has 5 nitrogen and oxygen atoms in total. The number of amides is 1. The van der Waals surface area contributed by atoms with Gasteiger partial charge in [-0.3, -0.25) is 0 Å². The zero-order valence-corrected chi connectivity index (χ0v) is 17.8. The van der Waals surface area contributed by atoms with Crippen LogP contribution in [0.5, 0.6) is 0 Å². The SMILES string of the molecule is CN(C)c1ccc2c(c1)Sc1cc(N(C)C)ccc1N2C(=O)OC(C)(C)C. The largest absolute Gasteiger partial charge is 0.443 e. The summed E-state index contributed by atoms with van der Waals surface area (Å²) in [6, 6.07) is 12.3. The zero-order chi connectivity index (χ0) is 19.9. The molecule has 6 heteroatoms. The molecule has 0 saturated carbocycles. The first kappa shape index (κ1) is 19.4. The van der Waals surface area contributed by atoms with E-state index in [4.69, 9.17) is 4.74 Å². The van der Waals surface area contributed by atoms with Gasteiger partial charge in [0.2, 0.25) is 0 Å². The van der Waals surface area contributed by atoms with Gasteiger partial charge in [-0.05, 0) is 57.2 Å². The van der Waals surface area contributed by atoms with Crippen LogP contribution < -0.4 is 14.7 Å². The lowest BCUT2D eigenvalue weighted by Gasteiger charge is -2.33. The standard InChI is InChI=1S/C21H27N3O2S/c1-21(2,3)26-20(25)24-16-10-8-14(22(4)5)12-18(16)27-19-13-15(23(6)7)9-11-17(19)24/h8-13H,1-7H3. The van der Waals surface area contributed by atoms with Crippen molar-refractivity contribution in [1.82, 2.24) is 0 Å². The van der Waals surface area contributed by atoms with E-state index in [1.54, 1.807) is 16.7 Å². The van der Waals surface area contributed by atoms with Gasteiger partial charge in [0.25, 0.3) is 0 Å². The third kappa shape index (κ3) is 4.00. The Labute approximate surface area is 165 Å². The number of hydrogen-bond donors (Lipinski definition) is 0. The average molecular weight is 386 g/mol. The van der Waals surface area contributed by atoms with Gasteiger partial charge in [0.1, 0.15) is 5.60 Å². The quantitative estimate of drug-likeness (QED) is 0.696. The van der Waals surface area contributed by atoms with Crippen molar-refractivity contribution in [3.63, 3.8) is 0 Å². The molecule has 0 radical (unpaired) electrons. The Morgan fingerprint density at radius 1 is 0.889 bits per heavy atom. The maximum Gasteiger partial charge on any atom is 0.419 e. The minimum absolute atomic E-state index is 0.361. The predicted octanol–water partition coefficient (Wildman–Crippen LogP) is 5.36. The van der Waals surface area contributed by atoms with Gasteiger partial charge in [0, 0.05) is 49.4 Å². The number of anilines is 4. The Morgan fingerprint density at radius 3 is 1.70 bits per heavy atom. The molecule has 0 fully saturated rings. The van der Waals surface area contributed by atoms with Crippen LogP contribution in [0.4, 0.5) is 27.5 Å². The topological polar surface area (TPSA) is 36.0 Å². The second-order valence-corrected chi connectivity index (χ2v) is 9.09. The Morgan fingerprint density at radius 2 is 1.33 bits per heavy atom. The number of carbonyl (C=O) groups excluding carboxylic acids is 1. The third-order valence-electron chi connectivity index (χ3n) is 4.20. The normalized spacial score (nSPS) is 12.9. The van der Waals surface area contributed by atoms with Crippen LogP contribution in [-0.4, -0.2) is 39.9 Å². The second-order valence-electron chi connectivity index (χ2n) is 8.01. The molecule has 0 atom stereocenters. The first-order valence-electron chi connectivity index (χ1n) is 8.90. The summed E-state index contributed by atoms with van der Waals surface area (Å²) in [6.07, 6.45) is -0.361. The number of hydrogen-bond acceptors (Lipinski definition) is 5. The molecule has 0 unspecified atom stereocenters. The molecule has 0 N–H and O–H groups in total. The van der Waals surface area contributed by atoms with Crippen molar-refractivity contribution in [2.75, 3.05) is 42.9 Å². The highest BCUT2D eigenvalue weighted by Crippen LogP contribution is 2.50. The molecule has 144 valence electrons. The molecule has 1 aliphatic heterocycles. The molecule has 0 aliphatic carbocycles. The number of ether oxygens (including phenoxy) is 1. The fourth-order valence-electron chi connectivity index (χ4n) is 2.85. The van der Waals surface area contributed by atoms with Crippen molar-refractivity contribution in [3.05, 3.63) is 36.4 Å². The van der Waals surface area contributed by atoms with Gasteiger partial charge in [0.15, 0.2) is 0 Å². The van der Waals surface area contributed by atoms with Crippen molar-refractivity contribution in [3.8, 4) is 0 Å². The molecule has 0 spiro atoms. The average Bonchev–Trinajstić information content (AvgIpc) is 2.56. The van der Waals surface area contributed by atoms with Crippen LogP contribution in [0.3, 0.4) is 0 Å². The number of nitrogens with zero attached hydrogens (tertiary/aromatic N) is 3. The summed E-state index contributed by atoms with van der Waals surface area (Å²) in [4.78, 5) is 20.9. The third-order valence-corrected chi connectivity index (χ3v) is 5.29. The lowest BCUT2D eigenvalue weighted by Crippen LogP contribution is -2.35. The van der Waals surface area contributed by atoms with Crippen LogP contribution in [0.15, 0.2) is 46.2 Å². The van der Waals surface area contributed by atoms with Crippen LogP contribution in [0.25, 0.3) is 0 Å². The van der Waals surface area contributed by atoms with E-state index in [0.29, 0.717) is 0 Å². The summed E-state index contributed by atoms with van der Waals surface area (Å²) < 4.78 is 5.70.